The third kappa shape index (κ3) is 4.05. The molecule has 1 heterocycles. The van der Waals surface area contributed by atoms with Gasteiger partial charge in [0.25, 0.3) is 0 Å². The molecule has 20 heavy (non-hydrogen) atoms. The molecule has 5 nitrogen and oxygen atoms in total. The summed E-state index contributed by atoms with van der Waals surface area (Å²) in [5, 5.41) is 5.55. The number of nitrogens with one attached hydrogen (secondary N) is 2. The maximum absolute atomic E-state index is 11.8. The summed E-state index contributed by atoms with van der Waals surface area (Å²) < 4.78 is 0. The number of urea groups is 1. The molecule has 104 valence electrons. The van der Waals surface area contributed by atoms with Crippen molar-refractivity contribution in [3.05, 3.63) is 53.6 Å². The van der Waals surface area contributed by atoms with Crippen molar-refractivity contribution in [2.45, 2.75) is 26.8 Å². The highest BCUT2D eigenvalue weighted by atomic mass is 16.2. The van der Waals surface area contributed by atoms with Gasteiger partial charge in [0, 0.05) is 11.9 Å². The van der Waals surface area contributed by atoms with Crippen LogP contribution in [0, 0.1) is 6.92 Å². The Bertz CT molecular complexity index is 581. The molecule has 2 N–H and O–H groups in total. The Kier molecular flexibility index (Phi) is 4.65. The molecule has 2 amide bonds. The molecule has 0 aliphatic rings. The van der Waals surface area contributed by atoms with E-state index in [-0.39, 0.29) is 6.03 Å². The van der Waals surface area contributed by atoms with Crippen LogP contribution in [0.4, 0.5) is 10.5 Å². The Balaban J connectivity index is 1.87. The van der Waals surface area contributed by atoms with Crippen LogP contribution in [-0.2, 0) is 13.0 Å². The lowest BCUT2D eigenvalue weighted by molar-refractivity contribution is 0.251. The molecule has 0 aliphatic heterocycles. The summed E-state index contributed by atoms with van der Waals surface area (Å²) in [4.78, 5) is 20.1. The van der Waals surface area contributed by atoms with Crippen molar-refractivity contribution in [2.24, 2.45) is 0 Å². The van der Waals surface area contributed by atoms with E-state index < -0.39 is 0 Å². The second kappa shape index (κ2) is 6.65. The van der Waals surface area contributed by atoms with Crippen LogP contribution in [-0.4, -0.2) is 16.0 Å². The van der Waals surface area contributed by atoms with Crippen molar-refractivity contribution in [2.75, 3.05) is 5.32 Å². The smallest absolute Gasteiger partial charge is 0.319 e. The minimum absolute atomic E-state index is 0.249. The third-order valence-electron chi connectivity index (χ3n) is 2.86. The molecule has 0 fully saturated rings. The summed E-state index contributed by atoms with van der Waals surface area (Å²) in [6.07, 6.45) is 4.28. The number of amides is 2. The van der Waals surface area contributed by atoms with Crippen molar-refractivity contribution < 1.29 is 4.79 Å². The van der Waals surface area contributed by atoms with Crippen LogP contribution in [0.3, 0.4) is 0 Å². The molecule has 0 spiro atoms. The Morgan fingerprint density at radius 3 is 2.80 bits per heavy atom. The van der Waals surface area contributed by atoms with Crippen molar-refractivity contribution in [1.29, 1.82) is 0 Å². The number of hydrogen-bond donors (Lipinski definition) is 2. The van der Waals surface area contributed by atoms with E-state index in [9.17, 15) is 4.79 Å². The fraction of sp³-hybridized carbons (Fsp3) is 0.267. The molecule has 0 radical (unpaired) electrons. The van der Waals surface area contributed by atoms with Crippen LogP contribution in [0.1, 0.15) is 23.9 Å². The number of aromatic nitrogens is 2. The number of benzene rings is 1. The largest absolute Gasteiger partial charge is 0.332 e. The fourth-order valence-electron chi connectivity index (χ4n) is 1.73. The Hall–Kier alpha value is -2.43. The van der Waals surface area contributed by atoms with Crippen molar-refractivity contribution in [1.82, 2.24) is 15.3 Å². The van der Waals surface area contributed by atoms with Gasteiger partial charge >= 0.3 is 6.03 Å². The van der Waals surface area contributed by atoms with Crippen LogP contribution >= 0.6 is 0 Å². The van der Waals surface area contributed by atoms with Gasteiger partial charge in [0.1, 0.15) is 0 Å². The normalized spacial score (nSPS) is 10.1. The highest BCUT2D eigenvalue weighted by Crippen LogP contribution is 2.10. The lowest BCUT2D eigenvalue weighted by atomic mass is 10.1. The van der Waals surface area contributed by atoms with Gasteiger partial charge in [0.05, 0.1) is 24.1 Å². The minimum Gasteiger partial charge on any atom is -0.332 e. The average Bonchev–Trinajstić information content (AvgIpc) is 2.47. The third-order valence-corrected chi connectivity index (χ3v) is 2.86. The van der Waals surface area contributed by atoms with Crippen molar-refractivity contribution >= 4 is 11.7 Å². The van der Waals surface area contributed by atoms with E-state index in [4.69, 9.17) is 0 Å². The molecule has 0 bridgehead atoms. The summed E-state index contributed by atoms with van der Waals surface area (Å²) in [7, 11) is 0. The van der Waals surface area contributed by atoms with E-state index in [0.717, 1.165) is 23.5 Å². The molecule has 0 saturated carbocycles. The zero-order chi connectivity index (χ0) is 14.4. The van der Waals surface area contributed by atoms with E-state index in [1.54, 1.807) is 12.4 Å². The van der Waals surface area contributed by atoms with E-state index in [2.05, 4.69) is 27.5 Å². The Labute approximate surface area is 118 Å². The number of carbonyl (C=O) groups excluding carboxylic acids is 1. The zero-order valence-electron chi connectivity index (χ0n) is 11.7. The molecular weight excluding hydrogens is 252 g/mol. The van der Waals surface area contributed by atoms with Gasteiger partial charge in [-0.15, -0.1) is 0 Å². The Morgan fingerprint density at radius 1 is 1.25 bits per heavy atom. The van der Waals surface area contributed by atoms with Crippen LogP contribution in [0.2, 0.25) is 0 Å². The summed E-state index contributed by atoms with van der Waals surface area (Å²) in [5.41, 5.74) is 3.56. The molecule has 0 saturated heterocycles. The zero-order valence-corrected chi connectivity index (χ0v) is 11.7. The first-order valence-corrected chi connectivity index (χ1v) is 6.58. The number of nitrogens with zero attached hydrogens (tertiary/aromatic N) is 2. The molecule has 5 heteroatoms. The molecule has 0 aliphatic carbocycles. The maximum Gasteiger partial charge on any atom is 0.319 e. The Morgan fingerprint density at radius 2 is 2.10 bits per heavy atom. The number of carbonyl (C=O) groups is 1. The van der Waals surface area contributed by atoms with Gasteiger partial charge in [-0.05, 0) is 31.0 Å². The van der Waals surface area contributed by atoms with Gasteiger partial charge in [0.15, 0.2) is 0 Å². The van der Waals surface area contributed by atoms with Crippen LogP contribution in [0.15, 0.2) is 36.7 Å². The predicted octanol–water partition coefficient (Wildman–Crippen LogP) is 2.67. The van der Waals surface area contributed by atoms with Gasteiger partial charge in [-0.25, -0.2) is 4.79 Å². The molecule has 1 aromatic carbocycles. The SMILES string of the molecule is CCc1cccc(NC(=O)NCc2cnc(C)cn2)c1. The number of rotatable bonds is 4. The molecule has 0 atom stereocenters. The van der Waals surface area contributed by atoms with Crippen LogP contribution in [0.5, 0.6) is 0 Å². The fourth-order valence-corrected chi connectivity index (χ4v) is 1.73. The lowest BCUT2D eigenvalue weighted by Gasteiger charge is -2.08. The maximum atomic E-state index is 11.8. The van der Waals surface area contributed by atoms with Crippen molar-refractivity contribution in [3.63, 3.8) is 0 Å². The van der Waals surface area contributed by atoms with Gasteiger partial charge in [-0.3, -0.25) is 9.97 Å². The molecular formula is C15H18N4O. The van der Waals surface area contributed by atoms with E-state index in [0.29, 0.717) is 6.54 Å². The number of aryl methyl sites for hydroxylation is 2. The van der Waals surface area contributed by atoms with Gasteiger partial charge in [-0.1, -0.05) is 19.1 Å². The average molecular weight is 270 g/mol. The van der Waals surface area contributed by atoms with Crippen LogP contribution < -0.4 is 10.6 Å². The van der Waals surface area contributed by atoms with E-state index in [1.165, 1.54) is 5.56 Å². The first-order chi connectivity index (χ1) is 9.67. The molecule has 2 aromatic rings. The monoisotopic (exact) mass is 270 g/mol. The van der Waals surface area contributed by atoms with E-state index in [1.807, 2.05) is 31.2 Å². The molecule has 1 aromatic heterocycles. The highest BCUT2D eigenvalue weighted by molar-refractivity contribution is 5.89. The summed E-state index contributed by atoms with van der Waals surface area (Å²) in [6.45, 7) is 4.31. The number of hydrogen-bond acceptors (Lipinski definition) is 3. The molecule has 0 unspecified atom stereocenters. The van der Waals surface area contributed by atoms with E-state index >= 15 is 0 Å². The standard InChI is InChI=1S/C15H18N4O/c1-3-12-5-4-6-13(7-12)19-15(20)18-10-14-9-16-11(2)8-17-14/h4-9H,3,10H2,1-2H3,(H2,18,19,20). The summed E-state index contributed by atoms with van der Waals surface area (Å²) in [5.74, 6) is 0. The summed E-state index contributed by atoms with van der Waals surface area (Å²) in [6, 6.07) is 7.54. The second-order valence-corrected chi connectivity index (χ2v) is 4.51. The lowest BCUT2D eigenvalue weighted by Crippen LogP contribution is -2.28. The number of anilines is 1. The quantitative estimate of drug-likeness (QED) is 0.897. The topological polar surface area (TPSA) is 66.9 Å². The van der Waals surface area contributed by atoms with Gasteiger partial charge < -0.3 is 10.6 Å². The highest BCUT2D eigenvalue weighted by Gasteiger charge is 2.03. The molecule has 2 rings (SSSR count). The van der Waals surface area contributed by atoms with Gasteiger partial charge in [-0.2, -0.15) is 0 Å². The first kappa shape index (κ1) is 14.0. The van der Waals surface area contributed by atoms with Crippen molar-refractivity contribution in [3.8, 4) is 0 Å². The minimum atomic E-state index is -0.249. The predicted molar refractivity (Wildman–Crippen MR) is 78.4 cm³/mol. The van der Waals surface area contributed by atoms with Gasteiger partial charge in [0.2, 0.25) is 0 Å². The van der Waals surface area contributed by atoms with Crippen LogP contribution in [0.25, 0.3) is 0 Å². The second-order valence-electron chi connectivity index (χ2n) is 4.51. The first-order valence-electron chi connectivity index (χ1n) is 6.58. The summed E-state index contributed by atoms with van der Waals surface area (Å²) >= 11 is 0.